The summed E-state index contributed by atoms with van der Waals surface area (Å²) in [6.45, 7) is 16.9. The van der Waals surface area contributed by atoms with E-state index in [9.17, 15) is 4.79 Å². The Balaban J connectivity index is 1.34. The van der Waals surface area contributed by atoms with Crippen LogP contribution in [0.2, 0.25) is 0 Å². The Hall–Kier alpha value is -3.91. The van der Waals surface area contributed by atoms with Gasteiger partial charge in [0.2, 0.25) is 11.9 Å². The van der Waals surface area contributed by atoms with Gasteiger partial charge in [-0.25, -0.2) is 9.97 Å². The fourth-order valence-corrected chi connectivity index (χ4v) is 4.57. The Kier molecular flexibility index (Phi) is 8.86. The van der Waals surface area contributed by atoms with Crippen molar-refractivity contribution in [1.29, 1.82) is 0 Å². The molecule has 1 unspecified atom stereocenters. The molecule has 1 amide bonds. The molecule has 0 saturated carbocycles. The summed E-state index contributed by atoms with van der Waals surface area (Å²) < 4.78 is 0. The third-order valence-corrected chi connectivity index (χ3v) is 7.06. The highest BCUT2D eigenvalue weighted by atomic mass is 16.2. The van der Waals surface area contributed by atoms with Crippen molar-refractivity contribution < 1.29 is 4.79 Å². The highest BCUT2D eigenvalue weighted by molar-refractivity contribution is 5.94. The van der Waals surface area contributed by atoms with E-state index in [0.717, 1.165) is 49.5 Å². The summed E-state index contributed by atoms with van der Waals surface area (Å²) in [5, 5.41) is 6.18. The quantitative estimate of drug-likeness (QED) is 0.331. The number of aromatic nitrogens is 2. The van der Waals surface area contributed by atoms with Gasteiger partial charge in [0.1, 0.15) is 0 Å². The predicted octanol–water partition coefficient (Wildman–Crippen LogP) is 5.63. The van der Waals surface area contributed by atoms with Gasteiger partial charge in [0, 0.05) is 66.1 Å². The van der Waals surface area contributed by atoms with Crippen LogP contribution in [-0.4, -0.2) is 53.0 Å². The van der Waals surface area contributed by atoms with Crippen LogP contribution in [0.25, 0.3) is 11.3 Å². The van der Waals surface area contributed by atoms with E-state index in [1.165, 1.54) is 11.4 Å². The van der Waals surface area contributed by atoms with Crippen molar-refractivity contribution in [2.24, 2.45) is 11.1 Å². The highest BCUT2D eigenvalue weighted by Gasteiger charge is 2.24. The van der Waals surface area contributed by atoms with E-state index in [2.05, 4.69) is 82.0 Å². The second-order valence-electron chi connectivity index (χ2n) is 11.1. The monoisotopic (exact) mass is 527 g/mol. The summed E-state index contributed by atoms with van der Waals surface area (Å²) in [6, 6.07) is 17.4. The molecule has 0 bridgehead atoms. The highest BCUT2D eigenvalue weighted by Crippen LogP contribution is 2.29. The van der Waals surface area contributed by atoms with Gasteiger partial charge < -0.3 is 26.2 Å². The molecule has 206 valence electrons. The molecule has 1 fully saturated rings. The zero-order valence-electron chi connectivity index (χ0n) is 23.6. The fraction of sp³-hybridized carbons (Fsp3) is 0.387. The van der Waals surface area contributed by atoms with Gasteiger partial charge >= 0.3 is 0 Å². The van der Waals surface area contributed by atoms with E-state index in [1.807, 2.05) is 37.3 Å². The maximum atomic E-state index is 12.2. The summed E-state index contributed by atoms with van der Waals surface area (Å²) in [4.78, 5) is 26.1. The van der Waals surface area contributed by atoms with Crippen molar-refractivity contribution in [2.45, 2.75) is 46.6 Å². The van der Waals surface area contributed by atoms with Crippen LogP contribution in [0.5, 0.6) is 0 Å². The smallest absolute Gasteiger partial charge is 0.241 e. The molecule has 1 atom stereocenters. The number of nitrogens with zero attached hydrogens (tertiary/aromatic N) is 4. The van der Waals surface area contributed by atoms with E-state index in [4.69, 9.17) is 5.73 Å². The minimum absolute atomic E-state index is 0.0957. The molecular weight excluding hydrogens is 486 g/mol. The lowest BCUT2D eigenvalue weighted by Gasteiger charge is -2.41. The van der Waals surface area contributed by atoms with Crippen LogP contribution in [0, 0.1) is 5.41 Å². The first-order chi connectivity index (χ1) is 18.6. The molecule has 0 radical (unpaired) electrons. The van der Waals surface area contributed by atoms with Crippen molar-refractivity contribution in [3.05, 3.63) is 73.1 Å². The second-order valence-corrected chi connectivity index (χ2v) is 11.1. The SMILES string of the molecule is C=C(N1CCN(c2ccc(Nc3nccc(-c4ccc(NC(=O)C(N)CCC)cc4)n3)cc2)CC1)C(C)(C)C. The van der Waals surface area contributed by atoms with Crippen molar-refractivity contribution in [3.63, 3.8) is 0 Å². The molecular formula is C31H41N7O. The van der Waals surface area contributed by atoms with Gasteiger partial charge in [0.05, 0.1) is 11.7 Å². The lowest BCUT2D eigenvalue weighted by Crippen LogP contribution is -2.47. The van der Waals surface area contributed by atoms with Crippen LogP contribution in [0.3, 0.4) is 0 Å². The number of anilines is 4. The average Bonchev–Trinajstić information content (AvgIpc) is 2.93. The summed E-state index contributed by atoms with van der Waals surface area (Å²) in [5.41, 5.74) is 11.8. The molecule has 3 aromatic rings. The van der Waals surface area contributed by atoms with Crippen LogP contribution in [0.15, 0.2) is 73.1 Å². The van der Waals surface area contributed by atoms with Gasteiger partial charge in [-0.15, -0.1) is 0 Å². The Labute approximate surface area is 232 Å². The van der Waals surface area contributed by atoms with E-state index >= 15 is 0 Å². The second kappa shape index (κ2) is 12.3. The molecule has 0 spiro atoms. The summed E-state index contributed by atoms with van der Waals surface area (Å²) in [5.74, 6) is 0.357. The first-order valence-electron chi connectivity index (χ1n) is 13.7. The average molecular weight is 528 g/mol. The first-order valence-corrected chi connectivity index (χ1v) is 13.7. The number of hydrogen-bond donors (Lipinski definition) is 3. The normalized spacial score (nSPS) is 14.6. The number of nitrogens with one attached hydrogen (secondary N) is 2. The molecule has 8 nitrogen and oxygen atoms in total. The molecule has 39 heavy (non-hydrogen) atoms. The lowest BCUT2D eigenvalue weighted by molar-refractivity contribution is -0.117. The van der Waals surface area contributed by atoms with Crippen LogP contribution in [0.1, 0.15) is 40.5 Å². The van der Waals surface area contributed by atoms with E-state index in [-0.39, 0.29) is 11.3 Å². The molecule has 1 aromatic heterocycles. The van der Waals surface area contributed by atoms with E-state index in [1.54, 1.807) is 6.20 Å². The number of allylic oxidation sites excluding steroid dienone is 1. The van der Waals surface area contributed by atoms with Gasteiger partial charge in [-0.3, -0.25) is 4.79 Å². The Morgan fingerprint density at radius 2 is 1.64 bits per heavy atom. The number of carbonyl (C=O) groups is 1. The Bertz CT molecular complexity index is 1260. The van der Waals surface area contributed by atoms with Crippen LogP contribution < -0.4 is 21.3 Å². The zero-order chi connectivity index (χ0) is 28.0. The predicted molar refractivity (Wildman–Crippen MR) is 161 cm³/mol. The minimum Gasteiger partial charge on any atom is -0.371 e. The number of benzene rings is 2. The van der Waals surface area contributed by atoms with Gasteiger partial charge in [-0.05, 0) is 48.9 Å². The molecule has 0 aliphatic carbocycles. The molecule has 4 N–H and O–H groups in total. The van der Waals surface area contributed by atoms with Crippen molar-refractivity contribution in [2.75, 3.05) is 41.7 Å². The van der Waals surface area contributed by atoms with E-state index < -0.39 is 6.04 Å². The largest absolute Gasteiger partial charge is 0.371 e. The van der Waals surface area contributed by atoms with Crippen molar-refractivity contribution >= 4 is 28.9 Å². The number of amides is 1. The minimum atomic E-state index is -0.497. The Morgan fingerprint density at radius 1 is 1.00 bits per heavy atom. The number of carbonyl (C=O) groups excluding carboxylic acids is 1. The third-order valence-electron chi connectivity index (χ3n) is 7.06. The fourth-order valence-electron chi connectivity index (χ4n) is 4.57. The van der Waals surface area contributed by atoms with Gasteiger partial charge in [0.25, 0.3) is 0 Å². The van der Waals surface area contributed by atoms with Gasteiger partial charge in [-0.2, -0.15) is 0 Å². The van der Waals surface area contributed by atoms with Crippen molar-refractivity contribution in [3.8, 4) is 11.3 Å². The molecule has 1 aliphatic heterocycles. The van der Waals surface area contributed by atoms with Gasteiger partial charge in [-0.1, -0.05) is 52.8 Å². The maximum Gasteiger partial charge on any atom is 0.241 e. The van der Waals surface area contributed by atoms with Crippen LogP contribution >= 0.6 is 0 Å². The molecule has 2 aromatic carbocycles. The van der Waals surface area contributed by atoms with Crippen LogP contribution in [0.4, 0.5) is 23.0 Å². The number of piperazine rings is 1. The Morgan fingerprint density at radius 3 is 2.26 bits per heavy atom. The van der Waals surface area contributed by atoms with E-state index in [0.29, 0.717) is 18.1 Å². The van der Waals surface area contributed by atoms with Gasteiger partial charge in [0.15, 0.2) is 0 Å². The number of rotatable bonds is 9. The molecule has 1 aliphatic rings. The zero-order valence-corrected chi connectivity index (χ0v) is 23.6. The summed E-state index contributed by atoms with van der Waals surface area (Å²) in [7, 11) is 0. The van der Waals surface area contributed by atoms with Crippen molar-refractivity contribution in [1.82, 2.24) is 14.9 Å². The van der Waals surface area contributed by atoms with Crippen LogP contribution in [-0.2, 0) is 4.79 Å². The lowest BCUT2D eigenvalue weighted by atomic mass is 9.91. The number of nitrogens with two attached hydrogens (primary N) is 1. The standard InChI is InChI=1S/C31H41N7O/c1-6-7-27(32)29(39)34-24-10-8-23(9-11-24)28-16-17-33-30(36-28)35-25-12-14-26(15-13-25)38-20-18-37(19-21-38)22(2)31(3,4)5/h8-17,27H,2,6-7,18-21,32H2,1,3-5H3,(H,34,39)(H,33,35,36). The summed E-state index contributed by atoms with van der Waals surface area (Å²) in [6.07, 6.45) is 3.27. The third kappa shape index (κ3) is 7.35. The molecule has 1 saturated heterocycles. The molecule has 2 heterocycles. The topological polar surface area (TPSA) is 99.4 Å². The summed E-state index contributed by atoms with van der Waals surface area (Å²) >= 11 is 0. The maximum absolute atomic E-state index is 12.2. The number of hydrogen-bond acceptors (Lipinski definition) is 7. The molecule has 4 rings (SSSR count). The molecule has 8 heteroatoms. The first kappa shape index (κ1) is 28.1.